The van der Waals surface area contributed by atoms with E-state index in [2.05, 4.69) is 21.2 Å². The van der Waals surface area contributed by atoms with E-state index in [1.165, 1.54) is 0 Å². The van der Waals surface area contributed by atoms with Crippen molar-refractivity contribution in [2.75, 3.05) is 6.54 Å². The van der Waals surface area contributed by atoms with Crippen molar-refractivity contribution in [3.63, 3.8) is 0 Å². The molecule has 0 amide bonds. The third-order valence-electron chi connectivity index (χ3n) is 3.91. The minimum Gasteiger partial charge on any atom is -0.313 e. The van der Waals surface area contributed by atoms with Crippen LogP contribution in [0.15, 0.2) is 22.7 Å². The fourth-order valence-corrected chi connectivity index (χ4v) is 3.01. The second kappa shape index (κ2) is 6.94. The fourth-order valence-electron chi connectivity index (χ4n) is 2.60. The first-order valence-corrected chi connectivity index (χ1v) is 7.79. The summed E-state index contributed by atoms with van der Waals surface area (Å²) < 4.78 is 40.2. The quantitative estimate of drug-likeness (QED) is 0.746. The number of hydrogen-bond donors (Lipinski definition) is 1. The van der Waals surface area contributed by atoms with Crippen LogP contribution in [0.2, 0.25) is 0 Å². The number of benzene rings is 1. The molecule has 0 unspecified atom stereocenters. The third kappa shape index (κ3) is 4.48. The van der Waals surface area contributed by atoms with Gasteiger partial charge in [0.2, 0.25) is 5.92 Å². The average molecular weight is 350 g/mol. The molecule has 1 fully saturated rings. The lowest BCUT2D eigenvalue weighted by molar-refractivity contribution is -0.0464. The van der Waals surface area contributed by atoms with Gasteiger partial charge < -0.3 is 5.32 Å². The number of rotatable bonds is 5. The molecule has 0 aliphatic heterocycles. The Morgan fingerprint density at radius 1 is 1.25 bits per heavy atom. The third-order valence-corrected chi connectivity index (χ3v) is 4.53. The molecule has 0 spiro atoms. The van der Waals surface area contributed by atoms with Gasteiger partial charge in [-0.25, -0.2) is 13.2 Å². The molecule has 1 aliphatic carbocycles. The van der Waals surface area contributed by atoms with Gasteiger partial charge in [-0.1, -0.05) is 12.1 Å². The van der Waals surface area contributed by atoms with Crippen LogP contribution in [0.25, 0.3) is 0 Å². The molecule has 112 valence electrons. The van der Waals surface area contributed by atoms with E-state index >= 15 is 0 Å². The van der Waals surface area contributed by atoms with Crippen molar-refractivity contribution in [2.24, 2.45) is 5.92 Å². The zero-order valence-corrected chi connectivity index (χ0v) is 12.9. The van der Waals surface area contributed by atoms with E-state index in [0.29, 0.717) is 35.3 Å². The van der Waals surface area contributed by atoms with Gasteiger partial charge in [-0.3, -0.25) is 0 Å². The van der Waals surface area contributed by atoms with E-state index in [1.807, 2.05) is 0 Å². The molecule has 20 heavy (non-hydrogen) atoms. The summed E-state index contributed by atoms with van der Waals surface area (Å²) in [7, 11) is 0. The highest BCUT2D eigenvalue weighted by Gasteiger charge is 2.34. The van der Waals surface area contributed by atoms with E-state index in [9.17, 15) is 13.2 Å². The molecule has 0 atom stereocenters. The smallest absolute Gasteiger partial charge is 0.248 e. The lowest BCUT2D eigenvalue weighted by Gasteiger charge is -2.28. The molecule has 0 saturated heterocycles. The zero-order valence-electron chi connectivity index (χ0n) is 11.3. The van der Waals surface area contributed by atoms with Gasteiger partial charge >= 0.3 is 0 Å². The second-order valence-corrected chi connectivity index (χ2v) is 6.33. The molecule has 0 radical (unpaired) electrons. The van der Waals surface area contributed by atoms with Gasteiger partial charge in [0.25, 0.3) is 0 Å². The summed E-state index contributed by atoms with van der Waals surface area (Å²) in [4.78, 5) is 0. The predicted molar refractivity (Wildman–Crippen MR) is 77.3 cm³/mol. The minimum atomic E-state index is -2.45. The topological polar surface area (TPSA) is 12.0 Å². The maximum Gasteiger partial charge on any atom is 0.248 e. The number of nitrogens with one attached hydrogen (secondary N) is 1. The number of halogens is 4. The lowest BCUT2D eigenvalue weighted by atomic mass is 9.85. The zero-order chi connectivity index (χ0) is 14.6. The van der Waals surface area contributed by atoms with Crippen molar-refractivity contribution in [3.05, 3.63) is 34.1 Å². The highest BCUT2D eigenvalue weighted by atomic mass is 79.9. The molecule has 1 aromatic rings. The Hall–Kier alpha value is -0.550. The maximum absolute atomic E-state index is 13.7. The molecule has 0 bridgehead atoms. The normalized spacial score (nSPS) is 19.2. The van der Waals surface area contributed by atoms with Crippen LogP contribution < -0.4 is 5.32 Å². The monoisotopic (exact) mass is 349 g/mol. The molecular weight excluding hydrogens is 331 g/mol. The Labute approximate surface area is 126 Å². The van der Waals surface area contributed by atoms with E-state index in [1.54, 1.807) is 18.2 Å². The van der Waals surface area contributed by atoms with Gasteiger partial charge in [0.15, 0.2) is 0 Å². The van der Waals surface area contributed by atoms with E-state index in [4.69, 9.17) is 0 Å². The molecule has 2 rings (SSSR count). The summed E-state index contributed by atoms with van der Waals surface area (Å²) in [6.07, 6.45) is 2.10. The molecule has 1 N–H and O–H groups in total. The summed E-state index contributed by atoms with van der Waals surface area (Å²) in [6.45, 7) is 1.20. The van der Waals surface area contributed by atoms with Gasteiger partial charge in [-0.15, -0.1) is 0 Å². The summed E-state index contributed by atoms with van der Waals surface area (Å²) in [5, 5.41) is 3.19. The van der Waals surface area contributed by atoms with Crippen LogP contribution in [0.5, 0.6) is 0 Å². The molecule has 5 heteroatoms. The van der Waals surface area contributed by atoms with Crippen molar-refractivity contribution in [1.82, 2.24) is 5.32 Å². The molecule has 0 aromatic heterocycles. The van der Waals surface area contributed by atoms with Crippen LogP contribution in [0.3, 0.4) is 0 Å². The molecule has 1 aliphatic rings. The fraction of sp³-hybridized carbons (Fsp3) is 0.600. The highest BCUT2D eigenvalue weighted by Crippen LogP contribution is 2.37. The van der Waals surface area contributed by atoms with Gasteiger partial charge in [-0.2, -0.15) is 0 Å². The highest BCUT2D eigenvalue weighted by molar-refractivity contribution is 9.10. The van der Waals surface area contributed by atoms with Crippen LogP contribution in [0.1, 0.15) is 37.7 Å². The molecular formula is C15H19BrF3N. The van der Waals surface area contributed by atoms with Crippen molar-refractivity contribution in [2.45, 2.75) is 44.6 Å². The van der Waals surface area contributed by atoms with Gasteiger partial charge in [-0.05, 0) is 53.7 Å². The van der Waals surface area contributed by atoms with Crippen LogP contribution in [0.4, 0.5) is 13.2 Å². The summed E-state index contributed by atoms with van der Waals surface area (Å²) in [5.74, 6) is -2.32. The summed E-state index contributed by atoms with van der Waals surface area (Å²) in [6, 6.07) is 5.21. The van der Waals surface area contributed by atoms with E-state index in [-0.39, 0.29) is 18.7 Å². The van der Waals surface area contributed by atoms with E-state index < -0.39 is 5.92 Å². The number of alkyl halides is 2. The molecule has 1 aromatic carbocycles. The van der Waals surface area contributed by atoms with Crippen LogP contribution in [-0.2, 0) is 6.54 Å². The Balaban J connectivity index is 1.68. The first kappa shape index (κ1) is 15.8. The largest absolute Gasteiger partial charge is 0.313 e. The lowest BCUT2D eigenvalue weighted by Crippen LogP contribution is -2.26. The van der Waals surface area contributed by atoms with E-state index in [0.717, 1.165) is 13.0 Å². The van der Waals surface area contributed by atoms with Gasteiger partial charge in [0, 0.05) is 24.9 Å². The van der Waals surface area contributed by atoms with Crippen molar-refractivity contribution in [3.8, 4) is 0 Å². The SMILES string of the molecule is Fc1c(Br)cccc1CNCCC1CCC(F)(F)CC1. The van der Waals surface area contributed by atoms with Crippen molar-refractivity contribution in [1.29, 1.82) is 0 Å². The standard InChI is InChI=1S/C15H19BrF3N/c16-13-3-1-2-12(14(13)17)10-20-9-6-11-4-7-15(18,19)8-5-11/h1-3,11,20H,4-10H2. The molecule has 1 nitrogen and oxygen atoms in total. The Morgan fingerprint density at radius 2 is 1.95 bits per heavy atom. The predicted octanol–water partition coefficient (Wildman–Crippen LogP) is 4.89. The van der Waals surface area contributed by atoms with Crippen LogP contribution in [-0.4, -0.2) is 12.5 Å². The van der Waals surface area contributed by atoms with Crippen LogP contribution >= 0.6 is 15.9 Å². The average Bonchev–Trinajstić information content (AvgIpc) is 2.41. The molecule has 1 saturated carbocycles. The summed E-state index contributed by atoms with van der Waals surface area (Å²) in [5.41, 5.74) is 0.620. The second-order valence-electron chi connectivity index (χ2n) is 5.48. The van der Waals surface area contributed by atoms with Crippen LogP contribution in [0, 0.1) is 11.7 Å². The summed E-state index contributed by atoms with van der Waals surface area (Å²) >= 11 is 3.15. The Morgan fingerprint density at radius 3 is 2.65 bits per heavy atom. The van der Waals surface area contributed by atoms with Crippen molar-refractivity contribution < 1.29 is 13.2 Å². The Bertz CT molecular complexity index is 441. The van der Waals surface area contributed by atoms with Gasteiger partial charge in [0.1, 0.15) is 5.82 Å². The first-order valence-electron chi connectivity index (χ1n) is 6.99. The van der Waals surface area contributed by atoms with Crippen molar-refractivity contribution >= 4 is 15.9 Å². The molecule has 0 heterocycles. The Kier molecular flexibility index (Phi) is 5.49. The van der Waals surface area contributed by atoms with Gasteiger partial charge in [0.05, 0.1) is 4.47 Å². The maximum atomic E-state index is 13.7. The minimum absolute atomic E-state index is 0.0118. The number of hydrogen-bond acceptors (Lipinski definition) is 1. The first-order chi connectivity index (χ1) is 9.48.